The second-order valence-electron chi connectivity index (χ2n) is 6.18. The van der Waals surface area contributed by atoms with Crippen molar-refractivity contribution in [1.29, 1.82) is 0 Å². The van der Waals surface area contributed by atoms with Gasteiger partial charge in [0, 0.05) is 12.3 Å². The van der Waals surface area contributed by atoms with Gasteiger partial charge in [0.15, 0.2) is 14.6 Å². The van der Waals surface area contributed by atoms with Crippen LogP contribution in [0.4, 0.5) is 0 Å². The summed E-state index contributed by atoms with van der Waals surface area (Å²) in [6.45, 7) is 1.18. The van der Waals surface area contributed by atoms with E-state index in [1.807, 2.05) is 0 Å². The molecule has 1 saturated heterocycles. The van der Waals surface area contributed by atoms with E-state index in [4.69, 9.17) is 0 Å². The van der Waals surface area contributed by atoms with Crippen molar-refractivity contribution in [2.24, 2.45) is 0 Å². The summed E-state index contributed by atoms with van der Waals surface area (Å²) in [7, 11) is -3.40. The summed E-state index contributed by atoms with van der Waals surface area (Å²) in [5.74, 6) is -0.270. The topological polar surface area (TPSA) is 75.3 Å². The van der Waals surface area contributed by atoms with Crippen LogP contribution in [0.2, 0.25) is 0 Å². The van der Waals surface area contributed by atoms with Crippen molar-refractivity contribution in [3.8, 4) is 0 Å². The molecule has 7 heteroatoms. The molecule has 1 aliphatic carbocycles. The summed E-state index contributed by atoms with van der Waals surface area (Å²) >= 11 is 0. The smallest absolute Gasteiger partial charge is 0.241 e. The van der Waals surface area contributed by atoms with Crippen LogP contribution in [0.25, 0.3) is 0 Å². The normalized spacial score (nSPS) is 23.7. The Morgan fingerprint density at radius 2 is 1.62 bits per heavy atom. The van der Waals surface area contributed by atoms with Gasteiger partial charge in [-0.1, -0.05) is 25.7 Å². The molecule has 0 aromatic rings. The highest BCUT2D eigenvalue weighted by Gasteiger charge is 2.48. The molecule has 1 heterocycles. The zero-order chi connectivity index (χ0) is 14.6. The predicted molar refractivity (Wildman–Crippen MR) is 86.6 cm³/mol. The summed E-state index contributed by atoms with van der Waals surface area (Å²) < 4.78 is 23.1. The van der Waals surface area contributed by atoms with Gasteiger partial charge in [-0.2, -0.15) is 0 Å². The number of carbonyl (C=O) groups excluding carboxylic acids is 1. The van der Waals surface area contributed by atoms with E-state index in [9.17, 15) is 13.2 Å². The maximum atomic E-state index is 12.6. The molecular formula is C14H27ClN2O3S. The molecule has 2 rings (SSSR count). The number of halogens is 1. The SMILES string of the molecule is CS(=O)(=O)C1(C(=O)NC2CCCCCC2)CCNCC1.Cl. The molecule has 2 aliphatic rings. The first-order chi connectivity index (χ1) is 9.46. The van der Waals surface area contributed by atoms with Gasteiger partial charge in [-0.15, -0.1) is 12.4 Å². The molecule has 1 saturated carbocycles. The van der Waals surface area contributed by atoms with Gasteiger partial charge in [-0.05, 0) is 38.8 Å². The van der Waals surface area contributed by atoms with E-state index < -0.39 is 14.6 Å². The van der Waals surface area contributed by atoms with Crippen molar-refractivity contribution in [3.63, 3.8) is 0 Å². The van der Waals surface area contributed by atoms with Gasteiger partial charge in [0.2, 0.25) is 5.91 Å². The van der Waals surface area contributed by atoms with Crippen molar-refractivity contribution in [3.05, 3.63) is 0 Å². The standard InChI is InChI=1S/C14H26N2O3S.ClH/c1-20(18,19)14(8-10-15-11-9-14)13(17)16-12-6-4-2-3-5-7-12;/h12,15H,2-11H2,1H3,(H,16,17);1H. The monoisotopic (exact) mass is 338 g/mol. The zero-order valence-electron chi connectivity index (χ0n) is 12.7. The third kappa shape index (κ3) is 4.33. The summed E-state index contributed by atoms with van der Waals surface area (Å²) in [5.41, 5.74) is 0. The van der Waals surface area contributed by atoms with Crippen LogP contribution in [0.1, 0.15) is 51.4 Å². The van der Waals surface area contributed by atoms with E-state index in [-0.39, 0.29) is 24.4 Å². The molecule has 2 N–H and O–H groups in total. The van der Waals surface area contributed by atoms with Crippen LogP contribution in [0, 0.1) is 0 Å². The van der Waals surface area contributed by atoms with Crippen LogP contribution >= 0.6 is 12.4 Å². The Hall–Kier alpha value is -0.330. The van der Waals surface area contributed by atoms with Crippen molar-refractivity contribution in [1.82, 2.24) is 10.6 Å². The average Bonchev–Trinajstić information content (AvgIpc) is 2.67. The van der Waals surface area contributed by atoms with Crippen LogP contribution in [0.15, 0.2) is 0 Å². The minimum atomic E-state index is -3.40. The van der Waals surface area contributed by atoms with Crippen molar-refractivity contribution < 1.29 is 13.2 Å². The molecule has 2 fully saturated rings. The number of sulfone groups is 1. The molecule has 1 amide bonds. The molecular weight excluding hydrogens is 312 g/mol. The minimum Gasteiger partial charge on any atom is -0.352 e. The number of carbonyl (C=O) groups is 1. The highest BCUT2D eigenvalue weighted by molar-refractivity contribution is 7.92. The van der Waals surface area contributed by atoms with Crippen LogP contribution in [-0.2, 0) is 14.6 Å². The lowest BCUT2D eigenvalue weighted by atomic mass is 9.95. The number of hydrogen-bond acceptors (Lipinski definition) is 4. The molecule has 0 radical (unpaired) electrons. The Labute approximate surface area is 134 Å². The predicted octanol–water partition coefficient (Wildman–Crippen LogP) is 1.41. The van der Waals surface area contributed by atoms with Gasteiger partial charge < -0.3 is 10.6 Å². The Balaban J connectivity index is 0.00000220. The molecule has 0 aromatic heterocycles. The fourth-order valence-electron chi connectivity index (χ4n) is 3.34. The van der Waals surface area contributed by atoms with E-state index in [1.54, 1.807) is 0 Å². The van der Waals surface area contributed by atoms with Crippen LogP contribution < -0.4 is 10.6 Å². The molecule has 124 valence electrons. The number of hydrogen-bond donors (Lipinski definition) is 2. The van der Waals surface area contributed by atoms with Gasteiger partial charge in [-0.3, -0.25) is 4.79 Å². The lowest BCUT2D eigenvalue weighted by Gasteiger charge is -2.35. The van der Waals surface area contributed by atoms with Gasteiger partial charge >= 0.3 is 0 Å². The minimum absolute atomic E-state index is 0. The number of piperidine rings is 1. The van der Waals surface area contributed by atoms with Crippen molar-refractivity contribution in [2.75, 3.05) is 19.3 Å². The summed E-state index contributed by atoms with van der Waals surface area (Å²) in [6.07, 6.45) is 8.59. The molecule has 1 aliphatic heterocycles. The van der Waals surface area contributed by atoms with E-state index in [2.05, 4.69) is 10.6 Å². The number of rotatable bonds is 3. The maximum absolute atomic E-state index is 12.6. The van der Waals surface area contributed by atoms with Gasteiger partial charge in [0.25, 0.3) is 0 Å². The summed E-state index contributed by atoms with van der Waals surface area (Å²) in [6, 6.07) is 0.151. The highest BCUT2D eigenvalue weighted by Crippen LogP contribution is 2.29. The molecule has 0 bridgehead atoms. The molecule has 21 heavy (non-hydrogen) atoms. The summed E-state index contributed by atoms with van der Waals surface area (Å²) in [5, 5.41) is 6.17. The molecule has 0 atom stereocenters. The van der Waals surface area contributed by atoms with Crippen LogP contribution in [-0.4, -0.2) is 44.5 Å². The van der Waals surface area contributed by atoms with Gasteiger partial charge in [0.05, 0.1) is 0 Å². The Kier molecular flexibility index (Phi) is 6.94. The zero-order valence-corrected chi connectivity index (χ0v) is 14.3. The maximum Gasteiger partial charge on any atom is 0.241 e. The lowest BCUT2D eigenvalue weighted by molar-refractivity contribution is -0.125. The first-order valence-electron chi connectivity index (χ1n) is 7.67. The third-order valence-corrected chi connectivity index (χ3v) is 6.74. The largest absolute Gasteiger partial charge is 0.352 e. The molecule has 0 aromatic carbocycles. The number of amides is 1. The van der Waals surface area contributed by atoms with Gasteiger partial charge in [-0.25, -0.2) is 8.42 Å². The molecule has 5 nitrogen and oxygen atoms in total. The molecule has 0 spiro atoms. The highest BCUT2D eigenvalue weighted by atomic mass is 35.5. The van der Waals surface area contributed by atoms with Crippen molar-refractivity contribution in [2.45, 2.75) is 62.2 Å². The quantitative estimate of drug-likeness (QED) is 0.763. The second-order valence-corrected chi connectivity index (χ2v) is 8.50. The fraction of sp³-hybridized carbons (Fsp3) is 0.929. The van der Waals surface area contributed by atoms with Crippen LogP contribution in [0.5, 0.6) is 0 Å². The summed E-state index contributed by atoms with van der Waals surface area (Å²) in [4.78, 5) is 12.6. The third-order valence-electron chi connectivity index (χ3n) is 4.73. The van der Waals surface area contributed by atoms with E-state index in [0.717, 1.165) is 25.7 Å². The number of nitrogens with one attached hydrogen (secondary N) is 2. The second kappa shape index (κ2) is 7.79. The fourth-order valence-corrected chi connectivity index (χ4v) is 4.68. The van der Waals surface area contributed by atoms with Gasteiger partial charge in [0.1, 0.15) is 0 Å². The first-order valence-corrected chi connectivity index (χ1v) is 9.56. The van der Waals surface area contributed by atoms with E-state index >= 15 is 0 Å². The Morgan fingerprint density at radius 1 is 1.10 bits per heavy atom. The van der Waals surface area contributed by atoms with Crippen LogP contribution in [0.3, 0.4) is 0 Å². The Morgan fingerprint density at radius 3 is 2.10 bits per heavy atom. The van der Waals surface area contributed by atoms with E-state index in [0.29, 0.717) is 25.9 Å². The molecule has 0 unspecified atom stereocenters. The lowest BCUT2D eigenvalue weighted by Crippen LogP contribution is -2.58. The van der Waals surface area contributed by atoms with Crippen molar-refractivity contribution >= 4 is 28.2 Å². The van der Waals surface area contributed by atoms with E-state index in [1.165, 1.54) is 19.1 Å². The first kappa shape index (κ1) is 18.7. The average molecular weight is 339 g/mol. The Bertz CT molecular complexity index is 439.